The fourth-order valence-corrected chi connectivity index (χ4v) is 4.52. The van der Waals surface area contributed by atoms with Crippen molar-refractivity contribution >= 4 is 11.6 Å². The average molecular weight is 453 g/mol. The van der Waals surface area contributed by atoms with Crippen molar-refractivity contribution in [3.05, 3.63) is 90.3 Å². The van der Waals surface area contributed by atoms with Gasteiger partial charge in [0.25, 0.3) is 0 Å². The fourth-order valence-electron chi connectivity index (χ4n) is 4.52. The van der Waals surface area contributed by atoms with Crippen molar-refractivity contribution in [2.24, 2.45) is 5.92 Å². The molecule has 3 aromatic carbocycles. The minimum absolute atomic E-state index is 0.0547. The van der Waals surface area contributed by atoms with Gasteiger partial charge in [-0.1, -0.05) is 77.5 Å². The van der Waals surface area contributed by atoms with Crippen LogP contribution in [0.5, 0.6) is 0 Å². The fraction of sp³-hybridized carbons (Fsp3) is 0.250. The van der Waals surface area contributed by atoms with E-state index in [2.05, 4.69) is 32.5 Å². The SMILES string of the molecule is Cc1cccc(-c2noc(CN3CCCC(C(=O)Nc4ccccc4-c4ccccc4)C3)n2)c1. The molecule has 1 aliphatic rings. The molecule has 1 atom stereocenters. The molecule has 172 valence electrons. The molecule has 0 spiro atoms. The van der Waals surface area contributed by atoms with Gasteiger partial charge in [0.05, 0.1) is 12.5 Å². The monoisotopic (exact) mass is 452 g/mol. The normalized spacial score (nSPS) is 16.3. The van der Waals surface area contributed by atoms with Gasteiger partial charge in [0.1, 0.15) is 0 Å². The number of benzene rings is 3. The van der Waals surface area contributed by atoms with Crippen molar-refractivity contribution in [1.82, 2.24) is 15.0 Å². The molecule has 1 aromatic heterocycles. The summed E-state index contributed by atoms with van der Waals surface area (Å²) in [5.74, 6) is 1.14. The van der Waals surface area contributed by atoms with Gasteiger partial charge >= 0.3 is 0 Å². The molecule has 2 heterocycles. The number of hydrogen-bond acceptors (Lipinski definition) is 5. The number of rotatable bonds is 6. The van der Waals surface area contributed by atoms with Crippen molar-refractivity contribution in [3.63, 3.8) is 0 Å². The van der Waals surface area contributed by atoms with Gasteiger partial charge in [-0.25, -0.2) is 0 Å². The summed E-state index contributed by atoms with van der Waals surface area (Å²) in [6.07, 6.45) is 1.82. The number of amides is 1. The molecule has 0 saturated carbocycles. The molecule has 0 aliphatic carbocycles. The summed E-state index contributed by atoms with van der Waals surface area (Å²) in [4.78, 5) is 20.0. The number of para-hydroxylation sites is 1. The topological polar surface area (TPSA) is 71.3 Å². The Morgan fingerprint density at radius 2 is 1.82 bits per heavy atom. The number of piperidine rings is 1. The van der Waals surface area contributed by atoms with Crippen LogP contribution >= 0.6 is 0 Å². The highest BCUT2D eigenvalue weighted by Crippen LogP contribution is 2.29. The first-order valence-corrected chi connectivity index (χ1v) is 11.7. The smallest absolute Gasteiger partial charge is 0.241 e. The lowest BCUT2D eigenvalue weighted by atomic mass is 9.96. The molecule has 1 aliphatic heterocycles. The summed E-state index contributed by atoms with van der Waals surface area (Å²) in [5, 5.41) is 7.33. The minimum atomic E-state index is -0.0863. The van der Waals surface area contributed by atoms with Crippen LogP contribution < -0.4 is 5.32 Å². The van der Waals surface area contributed by atoms with Crippen LogP contribution in [-0.4, -0.2) is 34.0 Å². The third-order valence-corrected chi connectivity index (χ3v) is 6.25. The molecular formula is C28H28N4O2. The second kappa shape index (κ2) is 10.0. The molecule has 34 heavy (non-hydrogen) atoms. The zero-order valence-electron chi connectivity index (χ0n) is 19.3. The third-order valence-electron chi connectivity index (χ3n) is 6.25. The first kappa shape index (κ1) is 22.0. The van der Waals surface area contributed by atoms with Crippen molar-refractivity contribution < 1.29 is 9.32 Å². The Hall–Kier alpha value is -3.77. The van der Waals surface area contributed by atoms with E-state index in [9.17, 15) is 4.79 Å². The quantitative estimate of drug-likeness (QED) is 0.415. The van der Waals surface area contributed by atoms with Gasteiger partial charge in [-0.2, -0.15) is 4.98 Å². The van der Waals surface area contributed by atoms with Crippen molar-refractivity contribution in [1.29, 1.82) is 0 Å². The van der Waals surface area contributed by atoms with E-state index in [1.165, 1.54) is 0 Å². The van der Waals surface area contributed by atoms with E-state index in [1.807, 2.05) is 73.7 Å². The minimum Gasteiger partial charge on any atom is -0.338 e. The summed E-state index contributed by atoms with van der Waals surface area (Å²) in [6.45, 7) is 4.17. The van der Waals surface area contributed by atoms with E-state index in [0.29, 0.717) is 24.8 Å². The van der Waals surface area contributed by atoms with E-state index < -0.39 is 0 Å². The molecule has 1 N–H and O–H groups in total. The second-order valence-electron chi connectivity index (χ2n) is 8.86. The molecular weight excluding hydrogens is 424 g/mol. The molecule has 1 unspecified atom stereocenters. The second-order valence-corrected chi connectivity index (χ2v) is 8.86. The van der Waals surface area contributed by atoms with Gasteiger partial charge in [0, 0.05) is 23.4 Å². The van der Waals surface area contributed by atoms with Crippen LogP contribution in [0.2, 0.25) is 0 Å². The van der Waals surface area contributed by atoms with Crippen LogP contribution in [0.1, 0.15) is 24.3 Å². The van der Waals surface area contributed by atoms with Crippen molar-refractivity contribution in [2.75, 3.05) is 18.4 Å². The molecule has 6 heteroatoms. The summed E-state index contributed by atoms with van der Waals surface area (Å²) >= 11 is 0. The van der Waals surface area contributed by atoms with E-state index >= 15 is 0 Å². The van der Waals surface area contributed by atoms with Gasteiger partial charge in [-0.15, -0.1) is 0 Å². The zero-order chi connectivity index (χ0) is 23.3. The maximum Gasteiger partial charge on any atom is 0.241 e. The number of hydrogen-bond donors (Lipinski definition) is 1. The molecule has 4 aromatic rings. The first-order chi connectivity index (χ1) is 16.7. The maximum atomic E-state index is 13.2. The maximum absolute atomic E-state index is 13.2. The Balaban J connectivity index is 1.24. The van der Waals surface area contributed by atoms with Crippen LogP contribution in [0.3, 0.4) is 0 Å². The highest BCUT2D eigenvalue weighted by Gasteiger charge is 2.27. The van der Waals surface area contributed by atoms with E-state index in [-0.39, 0.29) is 11.8 Å². The molecule has 5 rings (SSSR count). The molecule has 0 radical (unpaired) electrons. The molecule has 1 amide bonds. The van der Waals surface area contributed by atoms with Gasteiger partial charge in [-0.05, 0) is 44.0 Å². The number of nitrogens with one attached hydrogen (secondary N) is 1. The predicted octanol–water partition coefficient (Wildman–Crippen LogP) is 5.56. The Labute approximate surface area is 199 Å². The van der Waals surface area contributed by atoms with Crippen LogP contribution in [0.15, 0.2) is 83.4 Å². The van der Waals surface area contributed by atoms with Gasteiger partial charge in [-0.3, -0.25) is 9.69 Å². The number of likely N-dealkylation sites (tertiary alicyclic amines) is 1. The Bertz CT molecular complexity index is 1270. The van der Waals surface area contributed by atoms with Crippen LogP contribution in [0.4, 0.5) is 5.69 Å². The summed E-state index contributed by atoms with van der Waals surface area (Å²) in [5.41, 5.74) is 5.06. The molecule has 6 nitrogen and oxygen atoms in total. The summed E-state index contributed by atoms with van der Waals surface area (Å²) < 4.78 is 5.51. The summed E-state index contributed by atoms with van der Waals surface area (Å²) in [7, 11) is 0. The lowest BCUT2D eigenvalue weighted by molar-refractivity contribution is -0.121. The molecule has 1 fully saturated rings. The Morgan fingerprint density at radius 3 is 2.68 bits per heavy atom. The number of aromatic nitrogens is 2. The van der Waals surface area contributed by atoms with Gasteiger partial charge < -0.3 is 9.84 Å². The van der Waals surface area contributed by atoms with E-state index in [0.717, 1.165) is 47.3 Å². The summed E-state index contributed by atoms with van der Waals surface area (Å²) in [6, 6.07) is 26.1. The molecule has 1 saturated heterocycles. The van der Waals surface area contributed by atoms with Gasteiger partial charge in [0.2, 0.25) is 17.6 Å². The van der Waals surface area contributed by atoms with Crippen LogP contribution in [0, 0.1) is 12.8 Å². The number of carbonyl (C=O) groups is 1. The first-order valence-electron chi connectivity index (χ1n) is 11.7. The lowest BCUT2D eigenvalue weighted by Gasteiger charge is -2.31. The number of aryl methyl sites for hydroxylation is 1. The lowest BCUT2D eigenvalue weighted by Crippen LogP contribution is -2.40. The standard InChI is InChI=1S/C28H28N4O2/c1-20-9-7-12-22(17-20)27-30-26(34-31-27)19-32-16-8-13-23(18-32)28(33)29-25-15-6-5-14-24(25)21-10-3-2-4-11-21/h2-7,9-12,14-15,17,23H,8,13,16,18-19H2,1H3,(H,29,33). The largest absolute Gasteiger partial charge is 0.338 e. The zero-order valence-corrected chi connectivity index (χ0v) is 19.3. The molecule has 0 bridgehead atoms. The Morgan fingerprint density at radius 1 is 1.03 bits per heavy atom. The highest BCUT2D eigenvalue weighted by atomic mass is 16.5. The van der Waals surface area contributed by atoms with Gasteiger partial charge in [0.15, 0.2) is 0 Å². The third kappa shape index (κ3) is 5.07. The highest BCUT2D eigenvalue weighted by molar-refractivity contribution is 5.97. The average Bonchev–Trinajstić information content (AvgIpc) is 3.33. The van der Waals surface area contributed by atoms with Crippen LogP contribution in [0.25, 0.3) is 22.5 Å². The predicted molar refractivity (Wildman–Crippen MR) is 133 cm³/mol. The number of carbonyl (C=O) groups excluding carboxylic acids is 1. The van der Waals surface area contributed by atoms with E-state index in [4.69, 9.17) is 4.52 Å². The number of anilines is 1. The van der Waals surface area contributed by atoms with E-state index in [1.54, 1.807) is 0 Å². The number of nitrogens with zero attached hydrogens (tertiary/aromatic N) is 3. The Kier molecular flexibility index (Phi) is 6.49. The van der Waals surface area contributed by atoms with Crippen molar-refractivity contribution in [3.8, 4) is 22.5 Å². The van der Waals surface area contributed by atoms with Crippen LogP contribution in [-0.2, 0) is 11.3 Å². The van der Waals surface area contributed by atoms with Crippen molar-refractivity contribution in [2.45, 2.75) is 26.3 Å².